The molecule has 0 spiro atoms. The lowest BCUT2D eigenvalue weighted by atomic mass is 9.82. The molecule has 0 radical (unpaired) electrons. The van der Waals surface area contributed by atoms with Crippen molar-refractivity contribution < 1.29 is 35.5 Å². The summed E-state index contributed by atoms with van der Waals surface area (Å²) in [6, 6.07) is 26.1. The molecule has 12 heteroatoms. The van der Waals surface area contributed by atoms with Gasteiger partial charge in [0.1, 0.15) is 5.82 Å². The molecule has 5 aromatic carbocycles. The van der Waals surface area contributed by atoms with E-state index in [1.165, 1.54) is 12.1 Å². The van der Waals surface area contributed by atoms with Crippen LogP contribution in [0.1, 0.15) is 27.9 Å². The van der Waals surface area contributed by atoms with Gasteiger partial charge in [0.15, 0.2) is 5.67 Å². The highest BCUT2D eigenvalue weighted by Gasteiger charge is 2.45. The summed E-state index contributed by atoms with van der Waals surface area (Å²) in [5.74, 6) is -1.56. The van der Waals surface area contributed by atoms with E-state index in [9.17, 15) is 22.0 Å². The lowest BCUT2D eigenvalue weighted by Gasteiger charge is -2.43. The molecule has 1 fully saturated rings. The van der Waals surface area contributed by atoms with Crippen LogP contribution in [0.3, 0.4) is 0 Å². The van der Waals surface area contributed by atoms with Crippen molar-refractivity contribution in [3.63, 3.8) is 0 Å². The average molecular weight is 733 g/mol. The number of benzene rings is 5. The molecule has 2 heterocycles. The highest BCUT2D eigenvalue weighted by molar-refractivity contribution is 7.90. The summed E-state index contributed by atoms with van der Waals surface area (Å²) in [5.41, 5.74) is -0.987. The maximum absolute atomic E-state index is 16.7. The van der Waals surface area contributed by atoms with Crippen molar-refractivity contribution in [2.45, 2.75) is 17.0 Å². The van der Waals surface area contributed by atoms with Crippen molar-refractivity contribution in [3.05, 3.63) is 137 Å². The van der Waals surface area contributed by atoms with Gasteiger partial charge in [-0.25, -0.2) is 34.7 Å². The Kier molecular flexibility index (Phi) is 8.77. The number of alkyl halides is 3. The predicted molar refractivity (Wildman–Crippen MR) is 189 cm³/mol. The van der Waals surface area contributed by atoms with Gasteiger partial charge in [-0.15, -0.1) is 0 Å². The first-order chi connectivity index (χ1) is 24.4. The summed E-state index contributed by atoms with van der Waals surface area (Å²) in [6.45, 7) is 0.0809. The normalized spacial score (nSPS) is 14.5. The van der Waals surface area contributed by atoms with Crippen LogP contribution >= 0.6 is 11.6 Å². The Morgan fingerprint density at radius 3 is 2.18 bits per heavy atom. The van der Waals surface area contributed by atoms with Gasteiger partial charge in [0.2, 0.25) is 0 Å². The third-order valence-electron chi connectivity index (χ3n) is 9.15. The third-order valence-corrected chi connectivity index (χ3v) is 11.3. The van der Waals surface area contributed by atoms with Gasteiger partial charge in [-0.1, -0.05) is 84.4 Å². The quantitative estimate of drug-likeness (QED) is 0.115. The number of halogens is 5. The fourth-order valence-corrected chi connectivity index (χ4v) is 8.77. The molecule has 0 bridgehead atoms. The minimum Gasteiger partial charge on any atom is -0.465 e. The van der Waals surface area contributed by atoms with Gasteiger partial charge in [0.05, 0.1) is 33.8 Å². The molecule has 260 valence electrons. The monoisotopic (exact) mass is 732 g/mol. The van der Waals surface area contributed by atoms with Crippen LogP contribution < -0.4 is 0 Å². The van der Waals surface area contributed by atoms with E-state index in [0.29, 0.717) is 11.1 Å². The zero-order chi connectivity index (χ0) is 36.2. The predicted octanol–water partition coefficient (Wildman–Crippen LogP) is 9.51. The minimum absolute atomic E-state index is 0.0234. The lowest BCUT2D eigenvalue weighted by molar-refractivity contribution is -0.0190. The fraction of sp³-hybridized carbons (Fsp3) is 0.154. The van der Waals surface area contributed by atoms with Crippen LogP contribution in [-0.2, 0) is 20.4 Å². The summed E-state index contributed by atoms with van der Waals surface area (Å²) in [7, 11) is -1.82. The maximum atomic E-state index is 16.7. The molecular weight excluding hydrogens is 704 g/mol. The molecule has 6 aromatic rings. The standard InChI is InChI=1S/C39H29ClF4N2O4S/c1-45-21-39(44,22-45)31-11-7-6-10-28(31)33-30-20-25(41)14-19-32(30)46(51(48,49)26-15-12-24(13-16-26)37(42)43)36(33)34-29(38(47)50-2)18-17-27(35(34)40)23-8-4-3-5-9-23/h3-20,37H,21-22H2,1-2H3. The number of nitrogens with zero attached hydrogens (tertiary/aromatic N) is 2. The Balaban J connectivity index is 1.69. The van der Waals surface area contributed by atoms with Gasteiger partial charge < -0.3 is 4.74 Å². The molecule has 0 N–H and O–H groups in total. The maximum Gasteiger partial charge on any atom is 0.338 e. The molecule has 0 saturated carbocycles. The smallest absolute Gasteiger partial charge is 0.338 e. The molecule has 0 unspecified atom stereocenters. The fourth-order valence-electron chi connectivity index (χ4n) is 6.87. The van der Waals surface area contributed by atoms with Crippen LogP contribution in [0.5, 0.6) is 0 Å². The van der Waals surface area contributed by atoms with Crippen LogP contribution in [0, 0.1) is 5.82 Å². The second-order valence-electron chi connectivity index (χ2n) is 12.4. The summed E-state index contributed by atoms with van der Waals surface area (Å²) in [6.07, 6.45) is -2.85. The molecule has 1 aliphatic heterocycles. The number of fused-ring (bicyclic) bond motifs is 1. The molecular formula is C39H29ClF4N2O4S. The van der Waals surface area contributed by atoms with E-state index >= 15 is 8.78 Å². The molecule has 51 heavy (non-hydrogen) atoms. The second-order valence-corrected chi connectivity index (χ2v) is 14.6. The first kappa shape index (κ1) is 34.5. The number of likely N-dealkylation sites (tertiary alicyclic amines) is 1. The highest BCUT2D eigenvalue weighted by Crippen LogP contribution is 2.51. The molecule has 0 amide bonds. The SMILES string of the molecule is COC(=O)c1ccc(-c2ccccc2)c(Cl)c1-c1c(-c2ccccc2C2(F)CN(C)C2)c2cc(F)ccc2n1S(=O)(=O)c1ccc(C(F)F)cc1. The zero-order valence-electron chi connectivity index (χ0n) is 27.2. The van der Waals surface area contributed by atoms with E-state index in [1.54, 1.807) is 72.6 Å². The largest absolute Gasteiger partial charge is 0.465 e. The molecule has 7 rings (SSSR count). The first-order valence-corrected chi connectivity index (χ1v) is 17.6. The van der Waals surface area contributed by atoms with Gasteiger partial charge in [0, 0.05) is 40.7 Å². The molecule has 0 atom stereocenters. The van der Waals surface area contributed by atoms with Gasteiger partial charge in [-0.2, -0.15) is 0 Å². The van der Waals surface area contributed by atoms with Crippen LogP contribution in [0.2, 0.25) is 5.02 Å². The minimum atomic E-state index is -4.74. The summed E-state index contributed by atoms with van der Waals surface area (Å²) < 4.78 is 94.9. The number of esters is 1. The molecule has 1 aromatic heterocycles. The van der Waals surface area contributed by atoms with Crippen LogP contribution in [0.15, 0.2) is 114 Å². The number of likely N-dealkylation sites (N-methyl/N-ethyl adjacent to an activating group) is 1. The van der Waals surface area contributed by atoms with Crippen LogP contribution in [0.4, 0.5) is 17.6 Å². The van der Waals surface area contributed by atoms with Crippen molar-refractivity contribution in [1.82, 2.24) is 8.87 Å². The number of hydrogen-bond acceptors (Lipinski definition) is 5. The Hall–Kier alpha value is -4.97. The number of methoxy groups -OCH3 is 1. The number of carbonyl (C=O) groups is 1. The van der Waals surface area contributed by atoms with Gasteiger partial charge >= 0.3 is 5.97 Å². The van der Waals surface area contributed by atoms with Gasteiger partial charge in [0.25, 0.3) is 16.4 Å². The zero-order valence-corrected chi connectivity index (χ0v) is 28.8. The van der Waals surface area contributed by atoms with Gasteiger partial charge in [-0.3, -0.25) is 4.90 Å². The highest BCUT2D eigenvalue weighted by atomic mass is 35.5. The van der Waals surface area contributed by atoms with Crippen molar-refractivity contribution >= 4 is 38.5 Å². The molecule has 6 nitrogen and oxygen atoms in total. The number of rotatable bonds is 8. The lowest BCUT2D eigenvalue weighted by Crippen LogP contribution is -2.54. The summed E-state index contributed by atoms with van der Waals surface area (Å²) in [5, 5.41) is 0.0486. The van der Waals surface area contributed by atoms with E-state index in [2.05, 4.69) is 0 Å². The number of ether oxygens (including phenoxy) is 1. The molecule has 1 saturated heterocycles. The Morgan fingerprint density at radius 1 is 0.863 bits per heavy atom. The van der Waals surface area contributed by atoms with E-state index in [0.717, 1.165) is 47.5 Å². The Morgan fingerprint density at radius 2 is 1.53 bits per heavy atom. The topological polar surface area (TPSA) is 68.6 Å². The first-order valence-electron chi connectivity index (χ1n) is 15.8. The van der Waals surface area contributed by atoms with Crippen molar-refractivity contribution in [1.29, 1.82) is 0 Å². The number of aromatic nitrogens is 1. The molecule has 1 aliphatic rings. The Labute approximate surface area is 296 Å². The third kappa shape index (κ3) is 5.79. The van der Waals surface area contributed by atoms with Crippen LogP contribution in [0.25, 0.3) is 44.4 Å². The number of hydrogen-bond donors (Lipinski definition) is 0. The van der Waals surface area contributed by atoms with Crippen LogP contribution in [-0.4, -0.2) is 50.5 Å². The average Bonchev–Trinajstić information content (AvgIpc) is 3.45. The van der Waals surface area contributed by atoms with Crippen molar-refractivity contribution in [3.8, 4) is 33.5 Å². The Bertz CT molecular complexity index is 2430. The van der Waals surface area contributed by atoms with E-state index < -0.39 is 39.5 Å². The van der Waals surface area contributed by atoms with E-state index in [4.69, 9.17) is 16.3 Å². The molecule has 0 aliphatic carbocycles. The van der Waals surface area contributed by atoms with Gasteiger partial charge in [-0.05, 0) is 60.1 Å². The van der Waals surface area contributed by atoms with E-state index in [-0.39, 0.29) is 67.4 Å². The summed E-state index contributed by atoms with van der Waals surface area (Å²) in [4.78, 5) is 15.0. The summed E-state index contributed by atoms with van der Waals surface area (Å²) >= 11 is 7.26. The number of carbonyl (C=O) groups excluding carboxylic acids is 1. The van der Waals surface area contributed by atoms with E-state index in [1.807, 2.05) is 0 Å². The van der Waals surface area contributed by atoms with Crippen molar-refractivity contribution in [2.24, 2.45) is 0 Å². The van der Waals surface area contributed by atoms with Crippen molar-refractivity contribution in [2.75, 3.05) is 27.2 Å². The second kappa shape index (κ2) is 13.0.